The second-order valence-electron chi connectivity index (χ2n) is 4.05. The zero-order valence-corrected chi connectivity index (χ0v) is 10.4. The van der Waals surface area contributed by atoms with Crippen molar-refractivity contribution in [3.63, 3.8) is 0 Å². The van der Waals surface area contributed by atoms with Crippen LogP contribution >= 0.6 is 0 Å². The Morgan fingerprint density at radius 1 is 1.44 bits per heavy atom. The van der Waals surface area contributed by atoms with Crippen molar-refractivity contribution in [3.05, 3.63) is 28.7 Å². The number of rotatable bonds is 4. The van der Waals surface area contributed by atoms with Crippen molar-refractivity contribution in [3.8, 4) is 0 Å². The molecule has 5 nitrogen and oxygen atoms in total. The van der Waals surface area contributed by atoms with E-state index in [0.29, 0.717) is 6.54 Å². The Bertz CT molecular complexity index is 505. The molecule has 1 aromatic rings. The summed E-state index contributed by atoms with van der Waals surface area (Å²) in [5.74, 6) is 0.211. The summed E-state index contributed by atoms with van der Waals surface area (Å²) in [6.45, 7) is 4.22. The molecule has 0 aliphatic heterocycles. The predicted octanol–water partition coefficient (Wildman–Crippen LogP) is 0.651. The number of sulfonamides is 1. The highest BCUT2D eigenvalue weighted by Crippen LogP contribution is 2.10. The number of hydrogen-bond acceptors (Lipinski definition) is 3. The topological polar surface area (TPSA) is 70.2 Å². The predicted molar refractivity (Wildman–Crippen MR) is 61.7 cm³/mol. The van der Waals surface area contributed by atoms with Crippen LogP contribution in [0.15, 0.2) is 28.2 Å². The van der Waals surface area contributed by atoms with Gasteiger partial charge < -0.3 is 4.98 Å². The number of hydrogen-bond donors (Lipinski definition) is 1. The van der Waals surface area contributed by atoms with Crippen molar-refractivity contribution in [1.29, 1.82) is 0 Å². The Morgan fingerprint density at radius 3 is 2.56 bits per heavy atom. The lowest BCUT2D eigenvalue weighted by Gasteiger charge is -2.18. The van der Waals surface area contributed by atoms with Crippen LogP contribution in [-0.4, -0.2) is 31.3 Å². The van der Waals surface area contributed by atoms with Gasteiger partial charge in [0.05, 0.1) is 0 Å². The Kier molecular flexibility index (Phi) is 3.88. The molecule has 1 aromatic heterocycles. The van der Waals surface area contributed by atoms with Crippen molar-refractivity contribution in [2.45, 2.75) is 18.7 Å². The summed E-state index contributed by atoms with van der Waals surface area (Å²) in [6, 6.07) is 1.20. The van der Waals surface area contributed by atoms with E-state index in [9.17, 15) is 13.2 Å². The van der Waals surface area contributed by atoms with Crippen LogP contribution in [0.1, 0.15) is 13.8 Å². The van der Waals surface area contributed by atoms with Crippen LogP contribution in [0.5, 0.6) is 0 Å². The molecule has 90 valence electrons. The summed E-state index contributed by atoms with van der Waals surface area (Å²) in [7, 11) is -2.20. The fourth-order valence-corrected chi connectivity index (χ4v) is 2.75. The van der Waals surface area contributed by atoms with E-state index < -0.39 is 15.5 Å². The summed E-state index contributed by atoms with van der Waals surface area (Å²) in [6.07, 6.45) is 2.62. The second kappa shape index (κ2) is 4.80. The first-order valence-electron chi connectivity index (χ1n) is 4.99. The minimum Gasteiger partial charge on any atom is -0.366 e. The summed E-state index contributed by atoms with van der Waals surface area (Å²) in [5, 5.41) is 0. The van der Waals surface area contributed by atoms with Gasteiger partial charge in [-0.25, -0.2) is 12.7 Å². The standard InChI is InChI=1S/C10H16N2O3S/c1-8(2)7-12(3)16(14,15)10-6-11-5-4-9(10)13/h4-6,8H,7H2,1-3H3,(H,11,13). The number of aromatic amines is 1. The van der Waals surface area contributed by atoms with Gasteiger partial charge in [-0.05, 0) is 5.92 Å². The lowest BCUT2D eigenvalue weighted by atomic mass is 10.2. The zero-order chi connectivity index (χ0) is 12.3. The van der Waals surface area contributed by atoms with E-state index in [1.54, 1.807) is 0 Å². The lowest BCUT2D eigenvalue weighted by Crippen LogP contribution is -2.33. The van der Waals surface area contributed by atoms with Gasteiger partial charge in [-0.15, -0.1) is 0 Å². The fourth-order valence-electron chi connectivity index (χ4n) is 1.38. The third-order valence-electron chi connectivity index (χ3n) is 2.10. The average molecular weight is 244 g/mol. The van der Waals surface area contributed by atoms with E-state index in [0.717, 1.165) is 0 Å². The molecule has 0 radical (unpaired) electrons. The van der Waals surface area contributed by atoms with Crippen LogP contribution in [0.25, 0.3) is 0 Å². The highest BCUT2D eigenvalue weighted by Gasteiger charge is 2.23. The third kappa shape index (κ3) is 2.70. The molecule has 0 atom stereocenters. The summed E-state index contributed by atoms with van der Waals surface area (Å²) in [5.41, 5.74) is -0.491. The first kappa shape index (κ1) is 12.9. The average Bonchev–Trinajstić information content (AvgIpc) is 2.16. The van der Waals surface area contributed by atoms with Gasteiger partial charge in [-0.3, -0.25) is 4.79 Å². The minimum atomic E-state index is -3.68. The molecule has 0 aliphatic rings. The van der Waals surface area contributed by atoms with Gasteiger partial charge >= 0.3 is 0 Å². The second-order valence-corrected chi connectivity index (χ2v) is 6.07. The number of H-pyrrole nitrogens is 1. The van der Waals surface area contributed by atoms with Gasteiger partial charge in [0.25, 0.3) is 0 Å². The maximum Gasteiger partial charge on any atom is 0.248 e. The first-order valence-corrected chi connectivity index (χ1v) is 6.43. The number of aromatic nitrogens is 1. The molecule has 0 spiro atoms. The minimum absolute atomic E-state index is 0.210. The zero-order valence-electron chi connectivity index (χ0n) is 9.60. The summed E-state index contributed by atoms with van der Waals surface area (Å²) >= 11 is 0. The van der Waals surface area contributed by atoms with Crippen molar-refractivity contribution in [2.75, 3.05) is 13.6 Å². The van der Waals surface area contributed by atoms with Gasteiger partial charge in [-0.2, -0.15) is 0 Å². The summed E-state index contributed by atoms with van der Waals surface area (Å²) < 4.78 is 25.2. The molecule has 0 fully saturated rings. The number of pyridine rings is 1. The molecule has 0 saturated carbocycles. The Hall–Kier alpha value is -1.14. The van der Waals surface area contributed by atoms with Crippen LogP contribution in [0.2, 0.25) is 0 Å². The third-order valence-corrected chi connectivity index (χ3v) is 3.94. The van der Waals surface area contributed by atoms with E-state index >= 15 is 0 Å². The molecule has 1 heterocycles. The first-order chi connectivity index (χ1) is 7.35. The van der Waals surface area contributed by atoms with Crippen molar-refractivity contribution in [1.82, 2.24) is 9.29 Å². The molecule has 16 heavy (non-hydrogen) atoms. The van der Waals surface area contributed by atoms with Crippen molar-refractivity contribution in [2.24, 2.45) is 5.92 Å². The molecule has 6 heteroatoms. The van der Waals surface area contributed by atoms with Crippen LogP contribution in [-0.2, 0) is 10.0 Å². The largest absolute Gasteiger partial charge is 0.366 e. The van der Waals surface area contributed by atoms with Gasteiger partial charge in [0, 0.05) is 32.1 Å². The van der Waals surface area contributed by atoms with Crippen molar-refractivity contribution >= 4 is 10.0 Å². The van der Waals surface area contributed by atoms with E-state index in [2.05, 4.69) is 4.98 Å². The van der Waals surface area contributed by atoms with Crippen LogP contribution in [0.4, 0.5) is 0 Å². The normalized spacial score (nSPS) is 12.3. The number of nitrogens with zero attached hydrogens (tertiary/aromatic N) is 1. The number of nitrogens with one attached hydrogen (secondary N) is 1. The summed E-state index contributed by atoms with van der Waals surface area (Å²) in [4.78, 5) is 13.8. The van der Waals surface area contributed by atoms with Gasteiger partial charge in [0.15, 0.2) is 0 Å². The Morgan fingerprint density at radius 2 is 2.06 bits per heavy atom. The molecular formula is C10H16N2O3S. The quantitative estimate of drug-likeness (QED) is 0.845. The molecule has 0 unspecified atom stereocenters. The van der Waals surface area contributed by atoms with Crippen LogP contribution in [0.3, 0.4) is 0 Å². The van der Waals surface area contributed by atoms with E-state index in [1.807, 2.05) is 13.8 Å². The molecule has 0 aromatic carbocycles. The molecule has 0 bridgehead atoms. The molecule has 0 amide bonds. The monoisotopic (exact) mass is 244 g/mol. The highest BCUT2D eigenvalue weighted by atomic mass is 32.2. The Balaban J connectivity index is 3.13. The van der Waals surface area contributed by atoms with Crippen LogP contribution in [0, 0.1) is 5.92 Å². The van der Waals surface area contributed by atoms with Gasteiger partial charge in [-0.1, -0.05) is 13.8 Å². The van der Waals surface area contributed by atoms with Gasteiger partial charge in [0.1, 0.15) is 4.90 Å². The molecular weight excluding hydrogens is 228 g/mol. The molecule has 0 saturated heterocycles. The van der Waals surface area contributed by atoms with E-state index in [1.165, 1.54) is 29.8 Å². The van der Waals surface area contributed by atoms with Crippen molar-refractivity contribution < 1.29 is 8.42 Å². The SMILES string of the molecule is CC(C)CN(C)S(=O)(=O)c1c[nH]ccc1=O. The molecule has 0 aliphatic carbocycles. The van der Waals surface area contributed by atoms with E-state index in [-0.39, 0.29) is 10.8 Å². The van der Waals surface area contributed by atoms with E-state index in [4.69, 9.17) is 0 Å². The van der Waals surface area contributed by atoms with Crippen LogP contribution < -0.4 is 5.43 Å². The highest BCUT2D eigenvalue weighted by molar-refractivity contribution is 7.89. The smallest absolute Gasteiger partial charge is 0.248 e. The fraction of sp³-hybridized carbons (Fsp3) is 0.500. The maximum absolute atomic E-state index is 12.0. The molecule has 1 N–H and O–H groups in total. The lowest BCUT2D eigenvalue weighted by molar-refractivity contribution is 0.416. The van der Waals surface area contributed by atoms with Gasteiger partial charge in [0.2, 0.25) is 15.5 Å². The maximum atomic E-state index is 12.0. The molecule has 1 rings (SSSR count). The Labute approximate surface area is 95.2 Å².